The van der Waals surface area contributed by atoms with E-state index in [9.17, 15) is 4.79 Å². The lowest BCUT2D eigenvalue weighted by Crippen LogP contribution is -2.05. The van der Waals surface area contributed by atoms with Gasteiger partial charge in [0.05, 0.1) is 0 Å². The highest BCUT2D eigenvalue weighted by Crippen LogP contribution is 2.22. The maximum atomic E-state index is 10.8. The Kier molecular flexibility index (Phi) is 17.9. The fourth-order valence-corrected chi connectivity index (χ4v) is 2.19. The van der Waals surface area contributed by atoms with E-state index in [1.165, 1.54) is 24.0 Å². The molecule has 2 nitrogen and oxygen atoms in total. The minimum atomic E-state index is 0.125. The summed E-state index contributed by atoms with van der Waals surface area (Å²) in [6.45, 7) is 18.9. The van der Waals surface area contributed by atoms with Crippen LogP contribution in [0.3, 0.4) is 0 Å². The molecular formula is C28H44ClNO. The van der Waals surface area contributed by atoms with E-state index in [1.54, 1.807) is 14.0 Å². The molecule has 0 heterocycles. The Labute approximate surface area is 197 Å². The molecule has 3 heteroatoms. The number of hydrogen-bond acceptors (Lipinski definition) is 2. The van der Waals surface area contributed by atoms with Crippen molar-refractivity contribution in [2.45, 2.75) is 75.2 Å². The minimum Gasteiger partial charge on any atom is -0.301 e. The van der Waals surface area contributed by atoms with Gasteiger partial charge in [-0.1, -0.05) is 108 Å². The molecule has 2 aromatic rings. The van der Waals surface area contributed by atoms with Gasteiger partial charge in [-0.25, -0.2) is 0 Å². The van der Waals surface area contributed by atoms with Crippen LogP contribution in [0.25, 0.3) is 0 Å². The molecule has 0 spiro atoms. The van der Waals surface area contributed by atoms with Gasteiger partial charge in [0.1, 0.15) is 0 Å². The van der Waals surface area contributed by atoms with Crippen LogP contribution in [0.2, 0.25) is 5.02 Å². The van der Waals surface area contributed by atoms with Crippen molar-refractivity contribution >= 4 is 23.6 Å². The topological polar surface area (TPSA) is 29.4 Å². The highest BCUT2D eigenvalue weighted by molar-refractivity contribution is 6.30. The normalized spacial score (nSPS) is 10.3. The Morgan fingerprint density at radius 3 is 1.74 bits per heavy atom. The Bertz CT molecular complexity index is 723. The van der Waals surface area contributed by atoms with Crippen LogP contribution in [-0.4, -0.2) is 19.0 Å². The Morgan fingerprint density at radius 2 is 1.52 bits per heavy atom. The molecule has 0 aliphatic carbocycles. The van der Waals surface area contributed by atoms with Crippen molar-refractivity contribution in [2.24, 2.45) is 16.3 Å². The van der Waals surface area contributed by atoms with E-state index in [4.69, 9.17) is 11.6 Å². The Morgan fingerprint density at radius 1 is 1.00 bits per heavy atom. The van der Waals surface area contributed by atoms with E-state index in [0.717, 1.165) is 10.6 Å². The van der Waals surface area contributed by atoms with Crippen LogP contribution in [0.15, 0.2) is 53.5 Å². The summed E-state index contributed by atoms with van der Waals surface area (Å²) in [5, 5.41) is 0.810. The van der Waals surface area contributed by atoms with Crippen LogP contribution in [-0.2, 0) is 0 Å². The predicted molar refractivity (Wildman–Crippen MR) is 141 cm³/mol. The number of aryl methyl sites for hydroxylation is 2. The quantitative estimate of drug-likeness (QED) is 0.340. The summed E-state index contributed by atoms with van der Waals surface area (Å²) in [5.74, 6) is 0.731. The van der Waals surface area contributed by atoms with Crippen molar-refractivity contribution in [2.75, 3.05) is 7.05 Å². The van der Waals surface area contributed by atoms with Gasteiger partial charge in [-0.15, -0.1) is 0 Å². The highest BCUT2D eigenvalue weighted by atomic mass is 35.5. The third-order valence-corrected chi connectivity index (χ3v) is 5.03. The van der Waals surface area contributed by atoms with Crippen molar-refractivity contribution in [3.8, 4) is 0 Å². The number of benzene rings is 2. The summed E-state index contributed by atoms with van der Waals surface area (Å²) in [6.07, 6.45) is 4.51. The minimum absolute atomic E-state index is 0.125. The Balaban J connectivity index is 0. The number of hydrogen-bond donors (Lipinski definition) is 0. The average molecular weight is 446 g/mol. The van der Waals surface area contributed by atoms with E-state index in [1.807, 2.05) is 68.6 Å². The first kappa shape index (κ1) is 31.3. The van der Waals surface area contributed by atoms with E-state index in [-0.39, 0.29) is 5.78 Å². The third-order valence-electron chi connectivity index (χ3n) is 4.80. The lowest BCUT2D eigenvalue weighted by Gasteiger charge is -2.18. The maximum Gasteiger partial charge on any atom is 0.159 e. The van der Waals surface area contributed by atoms with Crippen molar-refractivity contribution in [3.05, 3.63) is 70.2 Å². The number of carbonyl (C=O) groups is 1. The van der Waals surface area contributed by atoms with E-state index in [2.05, 4.69) is 46.5 Å². The SMILES string of the molecule is CC(=O)c1ccc(C)cc1.CCC(C)(C)CC.CN=CC(C)C.Cc1cccc(Cl)c1. The molecule has 0 unspecified atom stereocenters. The Hall–Kier alpha value is -1.93. The van der Waals surface area contributed by atoms with Gasteiger partial charge in [-0.05, 0) is 49.8 Å². The van der Waals surface area contributed by atoms with Gasteiger partial charge in [-0.2, -0.15) is 0 Å². The third kappa shape index (κ3) is 19.8. The molecule has 0 atom stereocenters. The fraction of sp³-hybridized carbons (Fsp3) is 0.500. The van der Waals surface area contributed by atoms with Crippen LogP contribution in [0.5, 0.6) is 0 Å². The number of rotatable bonds is 4. The molecule has 0 aromatic heterocycles. The zero-order valence-corrected chi connectivity index (χ0v) is 22.2. The zero-order chi connectivity index (χ0) is 24.4. The van der Waals surface area contributed by atoms with Gasteiger partial charge in [0, 0.05) is 23.8 Å². The first-order chi connectivity index (χ1) is 14.4. The number of nitrogens with zero attached hydrogens (tertiary/aromatic N) is 1. The predicted octanol–water partition coefficient (Wildman–Crippen LogP) is 9.02. The standard InChI is InChI=1S/C9H10O.C7H7Cl.C7H16.C5H11N/c1-7-3-5-9(6-4-7)8(2)10;1-6-3-2-4-7(8)5-6;1-5-7(3,4)6-2;1-5(2)4-6-3/h3-6H,1-2H3;2-5H,1H3;5-6H2,1-4H3;4-5H,1-3H3. The van der Waals surface area contributed by atoms with Crippen LogP contribution in [0.4, 0.5) is 0 Å². The summed E-state index contributed by atoms with van der Waals surface area (Å²) in [4.78, 5) is 14.6. The van der Waals surface area contributed by atoms with Gasteiger partial charge < -0.3 is 4.99 Å². The largest absolute Gasteiger partial charge is 0.301 e. The van der Waals surface area contributed by atoms with Crippen LogP contribution in [0.1, 0.15) is 82.8 Å². The molecule has 2 rings (SSSR count). The number of aliphatic imine (C=N–C) groups is 1. The molecule has 0 amide bonds. The first-order valence-corrected chi connectivity index (χ1v) is 11.5. The second-order valence-electron chi connectivity index (χ2n) is 8.74. The summed E-state index contributed by atoms with van der Waals surface area (Å²) >= 11 is 5.64. The lowest BCUT2D eigenvalue weighted by atomic mass is 9.88. The van der Waals surface area contributed by atoms with Crippen molar-refractivity contribution in [1.82, 2.24) is 0 Å². The van der Waals surface area contributed by atoms with Gasteiger partial charge in [-0.3, -0.25) is 4.79 Å². The smallest absolute Gasteiger partial charge is 0.159 e. The second-order valence-corrected chi connectivity index (χ2v) is 9.18. The summed E-state index contributed by atoms with van der Waals surface area (Å²) in [6, 6.07) is 15.3. The molecule has 0 N–H and O–H groups in total. The van der Waals surface area contributed by atoms with E-state index in [0.29, 0.717) is 11.3 Å². The second kappa shape index (κ2) is 17.7. The van der Waals surface area contributed by atoms with E-state index >= 15 is 0 Å². The van der Waals surface area contributed by atoms with Gasteiger partial charge in [0.2, 0.25) is 0 Å². The van der Waals surface area contributed by atoms with Crippen molar-refractivity contribution in [3.63, 3.8) is 0 Å². The average Bonchev–Trinajstić information content (AvgIpc) is 2.69. The summed E-state index contributed by atoms with van der Waals surface area (Å²) in [5.41, 5.74) is 3.76. The molecule has 0 radical (unpaired) electrons. The molecule has 0 bridgehead atoms. The number of halogens is 1. The molecule has 0 fully saturated rings. The van der Waals surface area contributed by atoms with Gasteiger partial charge in [0.15, 0.2) is 5.78 Å². The first-order valence-electron chi connectivity index (χ1n) is 11.1. The number of ketones is 1. The van der Waals surface area contributed by atoms with Crippen LogP contribution < -0.4 is 0 Å². The molecule has 0 aliphatic rings. The molecular weight excluding hydrogens is 402 g/mol. The molecule has 0 saturated carbocycles. The molecule has 0 saturated heterocycles. The van der Waals surface area contributed by atoms with Crippen LogP contribution >= 0.6 is 11.6 Å². The zero-order valence-electron chi connectivity index (χ0n) is 21.4. The highest BCUT2D eigenvalue weighted by Gasteiger charge is 2.09. The van der Waals surface area contributed by atoms with Crippen LogP contribution in [0, 0.1) is 25.2 Å². The van der Waals surface area contributed by atoms with E-state index < -0.39 is 0 Å². The summed E-state index contributed by atoms with van der Waals surface area (Å²) < 4.78 is 0. The number of Topliss-reactive ketones (excluding diaryl/α,β-unsaturated/α-hetero) is 1. The molecule has 174 valence electrons. The molecule has 0 aliphatic heterocycles. The van der Waals surface area contributed by atoms with Crippen molar-refractivity contribution in [1.29, 1.82) is 0 Å². The fourth-order valence-electron chi connectivity index (χ4n) is 1.94. The number of carbonyl (C=O) groups excluding carboxylic acids is 1. The maximum absolute atomic E-state index is 10.8. The van der Waals surface area contributed by atoms with Crippen molar-refractivity contribution < 1.29 is 4.79 Å². The summed E-state index contributed by atoms with van der Waals surface area (Å²) in [7, 11) is 1.79. The molecule has 31 heavy (non-hydrogen) atoms. The van der Waals surface area contributed by atoms with Gasteiger partial charge in [0.25, 0.3) is 0 Å². The molecule has 2 aromatic carbocycles. The monoisotopic (exact) mass is 445 g/mol. The lowest BCUT2D eigenvalue weighted by molar-refractivity contribution is 0.101. The van der Waals surface area contributed by atoms with Gasteiger partial charge >= 0.3 is 0 Å².